The predicted molar refractivity (Wildman–Crippen MR) is 97.9 cm³/mol. The summed E-state index contributed by atoms with van der Waals surface area (Å²) in [5.41, 5.74) is 0. The number of H-pyrrole nitrogens is 2. The van der Waals surface area contributed by atoms with Gasteiger partial charge < -0.3 is 20.1 Å². The molecule has 0 spiro atoms. The molecule has 16 heteroatoms. The van der Waals surface area contributed by atoms with Crippen molar-refractivity contribution in [3.63, 3.8) is 0 Å². The molecule has 2 aromatic heterocycles. The van der Waals surface area contributed by atoms with Crippen LogP contribution in [0.25, 0.3) is 0 Å². The number of carbonyl (C=O) groups is 2. The van der Waals surface area contributed by atoms with Crippen molar-refractivity contribution in [3.8, 4) is 0 Å². The van der Waals surface area contributed by atoms with Crippen LogP contribution in [-0.2, 0) is 9.47 Å². The minimum absolute atomic E-state index is 0.173. The van der Waals surface area contributed by atoms with E-state index in [-0.39, 0.29) is 17.9 Å². The molecule has 2 aromatic rings. The molecule has 0 aliphatic rings. The van der Waals surface area contributed by atoms with Gasteiger partial charge in [-0.05, 0) is 40.1 Å². The number of carbonyl (C=O) groups excluding carboxylic acids is 2. The topological polar surface area (TPSA) is 210 Å². The molecule has 29 heavy (non-hydrogen) atoms. The lowest BCUT2D eigenvalue weighted by molar-refractivity contribution is 0.103. The normalized spacial score (nSPS) is 10.5. The first-order chi connectivity index (χ1) is 14.2. The van der Waals surface area contributed by atoms with Crippen LogP contribution in [0.4, 0.5) is 21.5 Å². The fraction of sp³-hybridized carbons (Fsp3) is 0.692. The summed E-state index contributed by atoms with van der Waals surface area (Å²) >= 11 is 0. The number of hydrogen-bond donors (Lipinski definition) is 6. The first-order valence-corrected chi connectivity index (χ1v) is 8.96. The maximum atomic E-state index is 11.5. The van der Waals surface area contributed by atoms with E-state index in [1.165, 1.54) is 0 Å². The highest BCUT2D eigenvalue weighted by atomic mass is 16.5. The zero-order chi connectivity index (χ0) is 20.6. The highest BCUT2D eigenvalue weighted by Crippen LogP contribution is 1.94. The highest BCUT2D eigenvalue weighted by molar-refractivity contribution is 5.87. The first kappa shape index (κ1) is 21.9. The minimum atomic E-state index is -0.414. The smallest absolute Gasteiger partial charge is 0.321 e. The van der Waals surface area contributed by atoms with Gasteiger partial charge in [-0.3, -0.25) is 10.6 Å². The van der Waals surface area contributed by atoms with Crippen LogP contribution in [0.1, 0.15) is 19.3 Å². The van der Waals surface area contributed by atoms with Crippen molar-refractivity contribution in [1.82, 2.24) is 51.9 Å². The molecule has 0 aliphatic carbocycles. The fourth-order valence-corrected chi connectivity index (χ4v) is 1.95. The molecule has 0 fully saturated rings. The molecule has 0 aromatic carbocycles. The van der Waals surface area contributed by atoms with E-state index in [2.05, 4.69) is 62.5 Å². The number of ether oxygens (including phenoxy) is 2. The Hall–Kier alpha value is -3.40. The number of urea groups is 2. The maximum Gasteiger partial charge on any atom is 0.321 e. The zero-order valence-corrected chi connectivity index (χ0v) is 15.7. The van der Waals surface area contributed by atoms with Gasteiger partial charge in [-0.1, -0.05) is 10.2 Å². The Bertz CT molecular complexity index is 622. The molecular formula is C13H24N12O4. The number of tetrazole rings is 2. The summed E-state index contributed by atoms with van der Waals surface area (Å²) in [6.07, 6.45) is 2.40. The Balaban J connectivity index is 1.29. The second-order valence-electron chi connectivity index (χ2n) is 5.55. The van der Waals surface area contributed by atoms with E-state index in [9.17, 15) is 9.59 Å². The second kappa shape index (κ2) is 13.7. The summed E-state index contributed by atoms with van der Waals surface area (Å²) in [7, 11) is 0. The molecule has 0 unspecified atom stereocenters. The zero-order valence-electron chi connectivity index (χ0n) is 15.7. The van der Waals surface area contributed by atoms with E-state index < -0.39 is 6.03 Å². The van der Waals surface area contributed by atoms with Crippen molar-refractivity contribution >= 4 is 24.0 Å². The van der Waals surface area contributed by atoms with E-state index in [1.807, 2.05) is 0 Å². The van der Waals surface area contributed by atoms with E-state index in [1.54, 1.807) is 0 Å². The van der Waals surface area contributed by atoms with Crippen molar-refractivity contribution in [2.24, 2.45) is 0 Å². The van der Waals surface area contributed by atoms with Gasteiger partial charge in [-0.2, -0.15) is 0 Å². The molecule has 0 saturated carbocycles. The number of hydrogen-bond acceptors (Lipinski definition) is 10. The van der Waals surface area contributed by atoms with Crippen LogP contribution >= 0.6 is 0 Å². The van der Waals surface area contributed by atoms with Crippen LogP contribution in [-0.4, -0.2) is 92.8 Å². The average molecular weight is 412 g/mol. The molecule has 0 bridgehead atoms. The van der Waals surface area contributed by atoms with Gasteiger partial charge in [0.1, 0.15) is 0 Å². The van der Waals surface area contributed by atoms with Crippen molar-refractivity contribution in [1.29, 1.82) is 0 Å². The summed E-state index contributed by atoms with van der Waals surface area (Å²) in [6, 6.07) is -0.801. The van der Waals surface area contributed by atoms with Crippen molar-refractivity contribution < 1.29 is 19.1 Å². The van der Waals surface area contributed by atoms with Crippen LogP contribution in [0.3, 0.4) is 0 Å². The standard InChI is InChI=1S/C13H24N12O4/c26-12(16-10-18-22-23-19-10)14-4-3-8-28-6-1-2-7-29-9-5-15-13(27)17-11-20-24-25-21-11/h1-9H2,(H3,14,16,18,19,22,23,26)(H3,15,17,20,21,24,25,27). The summed E-state index contributed by atoms with van der Waals surface area (Å²) in [5, 5.41) is 35.4. The molecule has 0 saturated heterocycles. The third-order valence-corrected chi connectivity index (χ3v) is 3.26. The number of unbranched alkanes of at least 4 members (excludes halogenated alkanes) is 1. The van der Waals surface area contributed by atoms with Crippen molar-refractivity contribution in [2.45, 2.75) is 19.3 Å². The van der Waals surface area contributed by atoms with Gasteiger partial charge in [0.2, 0.25) is 11.9 Å². The van der Waals surface area contributed by atoms with Crippen LogP contribution in [0.15, 0.2) is 0 Å². The number of aromatic amines is 2. The SMILES string of the molecule is O=C(NCCCOCCCCOCCNC(=O)Nc1nnn[nH]1)Nc1nnn[nH]1. The van der Waals surface area contributed by atoms with Crippen molar-refractivity contribution in [3.05, 3.63) is 0 Å². The Labute approximate surface area is 165 Å². The number of anilines is 2. The van der Waals surface area contributed by atoms with Gasteiger partial charge in [-0.25, -0.2) is 19.8 Å². The molecule has 4 amide bonds. The quantitative estimate of drug-likeness (QED) is 0.205. The molecule has 6 N–H and O–H groups in total. The lowest BCUT2D eigenvalue weighted by atomic mass is 10.3. The number of aromatic nitrogens is 8. The highest BCUT2D eigenvalue weighted by Gasteiger charge is 2.04. The van der Waals surface area contributed by atoms with Crippen LogP contribution in [0.5, 0.6) is 0 Å². The van der Waals surface area contributed by atoms with Gasteiger partial charge in [0.15, 0.2) is 0 Å². The third kappa shape index (κ3) is 10.5. The third-order valence-electron chi connectivity index (χ3n) is 3.26. The number of rotatable bonds is 14. The van der Waals surface area contributed by atoms with Crippen LogP contribution in [0.2, 0.25) is 0 Å². The second-order valence-corrected chi connectivity index (χ2v) is 5.55. The monoisotopic (exact) mass is 412 g/mol. The Kier molecular flexibility index (Phi) is 10.4. The fourth-order valence-electron chi connectivity index (χ4n) is 1.95. The van der Waals surface area contributed by atoms with Gasteiger partial charge in [0.25, 0.3) is 0 Å². The first-order valence-electron chi connectivity index (χ1n) is 8.96. The van der Waals surface area contributed by atoms with E-state index in [4.69, 9.17) is 9.47 Å². The molecule has 0 atom stereocenters. The van der Waals surface area contributed by atoms with Gasteiger partial charge in [0, 0.05) is 32.9 Å². The number of nitrogens with one attached hydrogen (secondary N) is 6. The average Bonchev–Trinajstić information content (AvgIpc) is 3.39. The molecule has 16 nitrogen and oxygen atoms in total. The molecule has 160 valence electrons. The molecule has 0 aliphatic heterocycles. The lowest BCUT2D eigenvalue weighted by Gasteiger charge is -2.07. The summed E-state index contributed by atoms with van der Waals surface area (Å²) < 4.78 is 10.9. The molecule has 2 heterocycles. The summed E-state index contributed by atoms with van der Waals surface area (Å²) in [5.74, 6) is 0.357. The molecular weight excluding hydrogens is 388 g/mol. The van der Waals surface area contributed by atoms with Crippen LogP contribution < -0.4 is 21.3 Å². The van der Waals surface area contributed by atoms with Crippen molar-refractivity contribution in [2.75, 3.05) is 50.2 Å². The number of amides is 4. The Morgan fingerprint density at radius 3 is 1.79 bits per heavy atom. The summed E-state index contributed by atoms with van der Waals surface area (Å²) in [4.78, 5) is 22.9. The largest absolute Gasteiger partial charge is 0.381 e. The maximum absolute atomic E-state index is 11.5. The van der Waals surface area contributed by atoms with E-state index >= 15 is 0 Å². The van der Waals surface area contributed by atoms with Gasteiger partial charge in [0.05, 0.1) is 6.61 Å². The molecule has 2 rings (SSSR count). The number of nitrogens with zero attached hydrogens (tertiary/aromatic N) is 6. The van der Waals surface area contributed by atoms with E-state index in [0.717, 1.165) is 12.8 Å². The summed E-state index contributed by atoms with van der Waals surface area (Å²) in [6.45, 7) is 3.00. The molecule has 0 radical (unpaired) electrons. The predicted octanol–water partition coefficient (Wildman–Crippen LogP) is -1.14. The van der Waals surface area contributed by atoms with Gasteiger partial charge in [-0.15, -0.1) is 0 Å². The van der Waals surface area contributed by atoms with E-state index in [0.29, 0.717) is 45.9 Å². The van der Waals surface area contributed by atoms with Gasteiger partial charge >= 0.3 is 12.1 Å². The Morgan fingerprint density at radius 2 is 1.24 bits per heavy atom. The Morgan fingerprint density at radius 1 is 0.724 bits per heavy atom. The minimum Gasteiger partial charge on any atom is -0.381 e. The lowest BCUT2D eigenvalue weighted by Crippen LogP contribution is -2.32. The van der Waals surface area contributed by atoms with Crippen LogP contribution in [0, 0.1) is 0 Å².